The Kier molecular flexibility index (Phi) is 5.56. The minimum Gasteiger partial charge on any atom is -0.483 e. The van der Waals surface area contributed by atoms with Gasteiger partial charge in [-0.3, -0.25) is 4.79 Å². The number of carbonyl (C=O) groups is 1. The van der Waals surface area contributed by atoms with E-state index in [0.717, 1.165) is 24.9 Å². The molecule has 1 saturated carbocycles. The van der Waals surface area contributed by atoms with Crippen LogP contribution in [0, 0.1) is 11.7 Å². The van der Waals surface area contributed by atoms with Crippen LogP contribution < -0.4 is 15.4 Å². The van der Waals surface area contributed by atoms with Crippen LogP contribution in [0.1, 0.15) is 32.3 Å². The van der Waals surface area contributed by atoms with Gasteiger partial charge < -0.3 is 15.4 Å². The fourth-order valence-electron chi connectivity index (χ4n) is 1.96. The third kappa shape index (κ3) is 5.71. The van der Waals surface area contributed by atoms with E-state index < -0.39 is 0 Å². The average molecular weight is 294 g/mol. The summed E-state index contributed by atoms with van der Waals surface area (Å²) in [7, 11) is 0. The molecule has 5 heteroatoms. The molecule has 4 nitrogen and oxygen atoms in total. The molecule has 1 amide bonds. The summed E-state index contributed by atoms with van der Waals surface area (Å²) in [5.74, 6) is 0.653. The zero-order valence-electron chi connectivity index (χ0n) is 12.6. The molecule has 2 rings (SSSR count). The first-order chi connectivity index (χ1) is 10.0. The Bertz CT molecular complexity index is 487. The van der Waals surface area contributed by atoms with E-state index in [1.165, 1.54) is 12.1 Å². The maximum Gasteiger partial charge on any atom is 0.258 e. The van der Waals surface area contributed by atoms with Crippen LogP contribution in [0.3, 0.4) is 0 Å². The fourth-order valence-corrected chi connectivity index (χ4v) is 1.96. The molecule has 1 aromatic rings. The van der Waals surface area contributed by atoms with Gasteiger partial charge in [0.2, 0.25) is 0 Å². The monoisotopic (exact) mass is 294 g/mol. The lowest BCUT2D eigenvalue weighted by molar-refractivity contribution is -0.123. The largest absolute Gasteiger partial charge is 0.483 e. The van der Waals surface area contributed by atoms with E-state index in [4.69, 9.17) is 4.74 Å². The van der Waals surface area contributed by atoms with Crippen molar-refractivity contribution in [1.82, 2.24) is 10.6 Å². The average Bonchev–Trinajstić information content (AvgIpc) is 3.21. The Morgan fingerprint density at radius 3 is 2.86 bits per heavy atom. The third-order valence-electron chi connectivity index (χ3n) is 3.19. The highest BCUT2D eigenvalue weighted by Gasteiger charge is 2.23. The summed E-state index contributed by atoms with van der Waals surface area (Å²) in [6.45, 7) is 5.56. The Morgan fingerprint density at radius 2 is 2.19 bits per heavy atom. The van der Waals surface area contributed by atoms with Crippen LogP contribution in [0.4, 0.5) is 4.39 Å². The van der Waals surface area contributed by atoms with Crippen LogP contribution in [0.5, 0.6) is 5.75 Å². The van der Waals surface area contributed by atoms with E-state index in [-0.39, 0.29) is 18.3 Å². The van der Waals surface area contributed by atoms with Gasteiger partial charge in [0.05, 0.1) is 0 Å². The Balaban J connectivity index is 1.88. The summed E-state index contributed by atoms with van der Waals surface area (Å²) in [6.07, 6.45) is 2.10. The predicted molar refractivity (Wildman–Crippen MR) is 79.6 cm³/mol. The summed E-state index contributed by atoms with van der Waals surface area (Å²) in [5.41, 5.74) is 0.731. The molecule has 0 radical (unpaired) electrons. The molecule has 116 valence electrons. The summed E-state index contributed by atoms with van der Waals surface area (Å²) in [6, 6.07) is 4.69. The van der Waals surface area contributed by atoms with Crippen molar-refractivity contribution < 1.29 is 13.9 Å². The molecule has 0 saturated heterocycles. The van der Waals surface area contributed by atoms with Crippen LogP contribution in [0.2, 0.25) is 0 Å². The SMILES string of the molecule is CC(C)CNCc1cc(F)ccc1OCC(=O)NC1CC1. The van der Waals surface area contributed by atoms with Crippen molar-refractivity contribution in [2.75, 3.05) is 13.2 Å². The van der Waals surface area contributed by atoms with Gasteiger partial charge in [-0.25, -0.2) is 4.39 Å². The molecule has 0 unspecified atom stereocenters. The Morgan fingerprint density at radius 1 is 1.43 bits per heavy atom. The first-order valence-corrected chi connectivity index (χ1v) is 7.46. The van der Waals surface area contributed by atoms with E-state index in [2.05, 4.69) is 24.5 Å². The van der Waals surface area contributed by atoms with Gasteiger partial charge in [0, 0.05) is 18.2 Å². The summed E-state index contributed by atoms with van der Waals surface area (Å²) >= 11 is 0. The first-order valence-electron chi connectivity index (χ1n) is 7.46. The smallest absolute Gasteiger partial charge is 0.258 e. The fraction of sp³-hybridized carbons (Fsp3) is 0.562. The lowest BCUT2D eigenvalue weighted by Crippen LogP contribution is -2.30. The maximum absolute atomic E-state index is 13.3. The molecular formula is C16H23FN2O2. The highest BCUT2D eigenvalue weighted by molar-refractivity contribution is 5.78. The van der Waals surface area contributed by atoms with Crippen LogP contribution in [0.25, 0.3) is 0 Å². The van der Waals surface area contributed by atoms with Crippen molar-refractivity contribution in [3.63, 3.8) is 0 Å². The van der Waals surface area contributed by atoms with E-state index in [9.17, 15) is 9.18 Å². The second-order valence-electron chi connectivity index (χ2n) is 5.91. The van der Waals surface area contributed by atoms with E-state index in [0.29, 0.717) is 24.3 Å². The number of rotatable bonds is 8. The Hall–Kier alpha value is -1.62. The molecule has 0 bridgehead atoms. The number of ether oxygens (including phenoxy) is 1. The molecule has 1 aliphatic rings. The first kappa shape index (κ1) is 15.8. The lowest BCUT2D eigenvalue weighted by atomic mass is 10.1. The molecule has 1 aliphatic carbocycles. The topological polar surface area (TPSA) is 50.4 Å². The Labute approximate surface area is 125 Å². The number of hydrogen-bond donors (Lipinski definition) is 2. The van der Waals surface area contributed by atoms with E-state index in [1.54, 1.807) is 6.07 Å². The summed E-state index contributed by atoms with van der Waals surface area (Å²) < 4.78 is 18.9. The minimum atomic E-state index is -0.300. The van der Waals surface area contributed by atoms with Gasteiger partial charge in [-0.2, -0.15) is 0 Å². The molecule has 1 aromatic carbocycles. The second kappa shape index (κ2) is 7.41. The number of halogens is 1. The van der Waals surface area contributed by atoms with Gasteiger partial charge >= 0.3 is 0 Å². The van der Waals surface area contributed by atoms with Crippen molar-refractivity contribution in [3.8, 4) is 5.75 Å². The number of amides is 1. The molecule has 1 fully saturated rings. The highest BCUT2D eigenvalue weighted by Crippen LogP contribution is 2.21. The van der Waals surface area contributed by atoms with Crippen LogP contribution >= 0.6 is 0 Å². The zero-order valence-corrected chi connectivity index (χ0v) is 12.6. The molecule has 0 aromatic heterocycles. The summed E-state index contributed by atoms with van der Waals surface area (Å²) in [5, 5.41) is 6.11. The molecule has 0 heterocycles. The molecule has 0 spiro atoms. The number of carbonyl (C=O) groups excluding carboxylic acids is 1. The van der Waals surface area contributed by atoms with Gasteiger partial charge in [0.1, 0.15) is 11.6 Å². The van der Waals surface area contributed by atoms with Crippen LogP contribution in [-0.2, 0) is 11.3 Å². The van der Waals surface area contributed by atoms with Crippen molar-refractivity contribution in [2.45, 2.75) is 39.3 Å². The predicted octanol–water partition coefficient (Wildman–Crippen LogP) is 2.23. The highest BCUT2D eigenvalue weighted by atomic mass is 19.1. The van der Waals surface area contributed by atoms with Crippen molar-refractivity contribution >= 4 is 5.91 Å². The zero-order chi connectivity index (χ0) is 15.2. The normalized spacial score (nSPS) is 14.3. The maximum atomic E-state index is 13.3. The standard InChI is InChI=1S/C16H23FN2O2/c1-11(2)8-18-9-12-7-13(17)3-6-15(12)21-10-16(20)19-14-4-5-14/h3,6-7,11,14,18H,4-5,8-10H2,1-2H3,(H,19,20). The minimum absolute atomic E-state index is 0.0285. The molecular weight excluding hydrogens is 271 g/mol. The van der Waals surface area contributed by atoms with E-state index >= 15 is 0 Å². The van der Waals surface area contributed by atoms with Gasteiger partial charge in [-0.15, -0.1) is 0 Å². The molecule has 21 heavy (non-hydrogen) atoms. The van der Waals surface area contributed by atoms with Gasteiger partial charge in [-0.05, 0) is 43.5 Å². The molecule has 2 N–H and O–H groups in total. The molecule has 0 atom stereocenters. The van der Waals surface area contributed by atoms with E-state index in [1.807, 2.05) is 0 Å². The summed E-state index contributed by atoms with van der Waals surface area (Å²) in [4.78, 5) is 11.6. The molecule has 0 aliphatic heterocycles. The second-order valence-corrected chi connectivity index (χ2v) is 5.91. The van der Waals surface area contributed by atoms with Gasteiger partial charge in [-0.1, -0.05) is 13.8 Å². The van der Waals surface area contributed by atoms with Crippen molar-refractivity contribution in [3.05, 3.63) is 29.6 Å². The van der Waals surface area contributed by atoms with Crippen LogP contribution in [-0.4, -0.2) is 25.1 Å². The van der Waals surface area contributed by atoms with Crippen molar-refractivity contribution in [2.24, 2.45) is 5.92 Å². The third-order valence-corrected chi connectivity index (χ3v) is 3.19. The van der Waals surface area contributed by atoms with Gasteiger partial charge in [0.25, 0.3) is 5.91 Å². The van der Waals surface area contributed by atoms with Crippen LogP contribution in [0.15, 0.2) is 18.2 Å². The number of nitrogens with one attached hydrogen (secondary N) is 2. The van der Waals surface area contributed by atoms with Gasteiger partial charge in [0.15, 0.2) is 6.61 Å². The number of hydrogen-bond acceptors (Lipinski definition) is 3. The number of benzene rings is 1. The van der Waals surface area contributed by atoms with Crippen molar-refractivity contribution in [1.29, 1.82) is 0 Å². The quantitative estimate of drug-likeness (QED) is 0.773. The lowest BCUT2D eigenvalue weighted by Gasteiger charge is -2.13.